The molecule has 3 rings (SSSR count). The van der Waals surface area contributed by atoms with Crippen molar-refractivity contribution in [2.45, 2.75) is 12.6 Å². The number of aliphatic hydroxyl groups excluding tert-OH is 1. The molecule has 0 aliphatic carbocycles. The van der Waals surface area contributed by atoms with E-state index in [0.29, 0.717) is 16.1 Å². The molecule has 0 saturated heterocycles. The number of benzene rings is 2. The van der Waals surface area contributed by atoms with Crippen LogP contribution in [0, 0.1) is 5.82 Å². The molecule has 0 radical (unpaired) electrons. The van der Waals surface area contributed by atoms with Crippen LogP contribution in [0.1, 0.15) is 11.7 Å². The SMILES string of the molecule is O=c1oc(-c2ccc(F)cc2)nn1CC(O)c1cccc(Cl)c1. The van der Waals surface area contributed by atoms with Crippen LogP contribution in [0.3, 0.4) is 0 Å². The molecule has 5 nitrogen and oxygen atoms in total. The summed E-state index contributed by atoms with van der Waals surface area (Å²) in [5.41, 5.74) is 1.04. The zero-order valence-electron chi connectivity index (χ0n) is 11.8. The molecule has 3 aromatic rings. The van der Waals surface area contributed by atoms with Crippen molar-refractivity contribution in [3.63, 3.8) is 0 Å². The van der Waals surface area contributed by atoms with Gasteiger partial charge in [-0.15, -0.1) is 5.10 Å². The van der Waals surface area contributed by atoms with Crippen molar-refractivity contribution in [1.29, 1.82) is 0 Å². The van der Waals surface area contributed by atoms with Crippen molar-refractivity contribution in [3.8, 4) is 11.5 Å². The van der Waals surface area contributed by atoms with Crippen LogP contribution in [-0.2, 0) is 6.54 Å². The molecule has 0 aliphatic rings. The summed E-state index contributed by atoms with van der Waals surface area (Å²) in [4.78, 5) is 11.8. The molecule has 1 heterocycles. The molecule has 0 amide bonds. The normalized spacial score (nSPS) is 12.3. The number of rotatable bonds is 4. The van der Waals surface area contributed by atoms with Crippen LogP contribution in [0.25, 0.3) is 11.5 Å². The summed E-state index contributed by atoms with van der Waals surface area (Å²) < 4.78 is 19.0. The Bertz CT molecular complexity index is 874. The Morgan fingerprint density at radius 2 is 2.00 bits per heavy atom. The van der Waals surface area contributed by atoms with Gasteiger partial charge in [0.15, 0.2) is 0 Å². The van der Waals surface area contributed by atoms with Gasteiger partial charge >= 0.3 is 5.76 Å². The highest BCUT2D eigenvalue weighted by molar-refractivity contribution is 6.30. The van der Waals surface area contributed by atoms with E-state index >= 15 is 0 Å². The minimum Gasteiger partial charge on any atom is -0.388 e. The Morgan fingerprint density at radius 3 is 2.70 bits per heavy atom. The van der Waals surface area contributed by atoms with Crippen LogP contribution >= 0.6 is 11.6 Å². The van der Waals surface area contributed by atoms with E-state index in [1.807, 2.05) is 0 Å². The highest BCUT2D eigenvalue weighted by Gasteiger charge is 2.15. The third kappa shape index (κ3) is 3.49. The van der Waals surface area contributed by atoms with Gasteiger partial charge in [0.05, 0.1) is 12.6 Å². The summed E-state index contributed by atoms with van der Waals surface area (Å²) in [7, 11) is 0. The lowest BCUT2D eigenvalue weighted by atomic mass is 10.1. The van der Waals surface area contributed by atoms with Gasteiger partial charge in [0, 0.05) is 10.6 Å². The van der Waals surface area contributed by atoms with Gasteiger partial charge in [-0.3, -0.25) is 0 Å². The van der Waals surface area contributed by atoms with Crippen molar-refractivity contribution in [2.75, 3.05) is 0 Å². The van der Waals surface area contributed by atoms with E-state index in [1.165, 1.54) is 24.3 Å². The lowest BCUT2D eigenvalue weighted by Crippen LogP contribution is -2.20. The van der Waals surface area contributed by atoms with E-state index in [-0.39, 0.29) is 12.4 Å². The second-order valence-electron chi connectivity index (χ2n) is 4.93. The largest absolute Gasteiger partial charge is 0.437 e. The first-order valence-electron chi connectivity index (χ1n) is 6.80. The molecule has 1 aromatic heterocycles. The lowest BCUT2D eigenvalue weighted by molar-refractivity contribution is 0.148. The zero-order chi connectivity index (χ0) is 16.4. The Hall–Kier alpha value is -2.44. The average molecular weight is 335 g/mol. The number of halogens is 2. The van der Waals surface area contributed by atoms with Gasteiger partial charge in [0.1, 0.15) is 5.82 Å². The van der Waals surface area contributed by atoms with Crippen LogP contribution in [-0.4, -0.2) is 14.9 Å². The quantitative estimate of drug-likeness (QED) is 0.796. The highest BCUT2D eigenvalue weighted by atomic mass is 35.5. The predicted octanol–water partition coefficient (Wildman–Crippen LogP) is 3.03. The number of hydrogen-bond acceptors (Lipinski definition) is 4. The Balaban J connectivity index is 1.84. The smallest absolute Gasteiger partial charge is 0.388 e. The molecule has 0 spiro atoms. The Kier molecular flexibility index (Phi) is 4.27. The van der Waals surface area contributed by atoms with Crippen molar-refractivity contribution < 1.29 is 13.9 Å². The van der Waals surface area contributed by atoms with Crippen LogP contribution < -0.4 is 5.76 Å². The first-order chi connectivity index (χ1) is 11.0. The van der Waals surface area contributed by atoms with Gasteiger partial charge in [-0.25, -0.2) is 9.18 Å². The molecule has 118 valence electrons. The van der Waals surface area contributed by atoms with E-state index in [9.17, 15) is 14.3 Å². The predicted molar refractivity (Wildman–Crippen MR) is 82.6 cm³/mol. The van der Waals surface area contributed by atoms with Crippen LogP contribution in [0.5, 0.6) is 0 Å². The summed E-state index contributed by atoms with van der Waals surface area (Å²) in [6.07, 6.45) is -0.961. The Labute approximate surface area is 135 Å². The van der Waals surface area contributed by atoms with E-state index in [0.717, 1.165) is 4.68 Å². The monoisotopic (exact) mass is 334 g/mol. The van der Waals surface area contributed by atoms with E-state index in [2.05, 4.69) is 5.10 Å². The molecule has 0 fully saturated rings. The van der Waals surface area contributed by atoms with Gasteiger partial charge in [-0.2, -0.15) is 4.68 Å². The molecule has 1 atom stereocenters. The zero-order valence-corrected chi connectivity index (χ0v) is 12.6. The second kappa shape index (κ2) is 6.36. The summed E-state index contributed by atoms with van der Waals surface area (Å²) in [5, 5.41) is 14.7. The molecular formula is C16H12ClFN2O3. The summed E-state index contributed by atoms with van der Waals surface area (Å²) in [6, 6.07) is 12.1. The summed E-state index contributed by atoms with van der Waals surface area (Å²) in [6.45, 7) is -0.0795. The minimum atomic E-state index is -0.961. The van der Waals surface area contributed by atoms with Crippen molar-refractivity contribution in [1.82, 2.24) is 9.78 Å². The fourth-order valence-corrected chi connectivity index (χ4v) is 2.31. The molecule has 1 N–H and O–H groups in total. The third-order valence-corrected chi connectivity index (χ3v) is 3.51. The van der Waals surface area contributed by atoms with Gasteiger partial charge in [0.2, 0.25) is 5.89 Å². The molecule has 7 heteroatoms. The summed E-state index contributed by atoms with van der Waals surface area (Å²) >= 11 is 5.88. The average Bonchev–Trinajstić information content (AvgIpc) is 2.89. The molecule has 0 bridgehead atoms. The molecule has 0 saturated carbocycles. The van der Waals surface area contributed by atoms with Gasteiger partial charge in [-0.1, -0.05) is 23.7 Å². The topological polar surface area (TPSA) is 68.3 Å². The molecular weight excluding hydrogens is 323 g/mol. The molecule has 2 aromatic carbocycles. The van der Waals surface area contributed by atoms with Crippen LogP contribution in [0.2, 0.25) is 5.02 Å². The lowest BCUT2D eigenvalue weighted by Gasteiger charge is -2.09. The fourth-order valence-electron chi connectivity index (χ4n) is 2.11. The van der Waals surface area contributed by atoms with Crippen LogP contribution in [0.4, 0.5) is 4.39 Å². The number of aromatic nitrogens is 2. The van der Waals surface area contributed by atoms with Crippen molar-refractivity contribution in [2.24, 2.45) is 0 Å². The second-order valence-corrected chi connectivity index (χ2v) is 5.37. The fraction of sp³-hybridized carbons (Fsp3) is 0.125. The summed E-state index contributed by atoms with van der Waals surface area (Å²) in [5.74, 6) is -1.04. The van der Waals surface area contributed by atoms with Gasteiger partial charge in [-0.05, 0) is 42.0 Å². The molecule has 1 unspecified atom stereocenters. The maximum Gasteiger partial charge on any atom is 0.437 e. The standard InChI is InChI=1S/C16H12ClFN2O3/c17-12-3-1-2-11(8-12)14(21)9-20-16(22)23-15(19-20)10-4-6-13(18)7-5-10/h1-8,14,21H,9H2. The third-order valence-electron chi connectivity index (χ3n) is 3.28. The first kappa shape index (κ1) is 15.5. The molecule has 23 heavy (non-hydrogen) atoms. The highest BCUT2D eigenvalue weighted by Crippen LogP contribution is 2.20. The van der Waals surface area contributed by atoms with Crippen molar-refractivity contribution >= 4 is 11.6 Å². The van der Waals surface area contributed by atoms with Gasteiger partial charge < -0.3 is 9.52 Å². The number of nitrogens with zero attached hydrogens (tertiary/aromatic N) is 2. The minimum absolute atomic E-state index is 0.0632. The van der Waals surface area contributed by atoms with Gasteiger partial charge in [0.25, 0.3) is 0 Å². The Morgan fingerprint density at radius 1 is 1.26 bits per heavy atom. The van der Waals surface area contributed by atoms with Crippen LogP contribution in [0.15, 0.2) is 57.7 Å². The number of aliphatic hydroxyl groups is 1. The van der Waals surface area contributed by atoms with Crippen molar-refractivity contribution in [3.05, 3.63) is 75.5 Å². The number of hydrogen-bond donors (Lipinski definition) is 1. The maximum absolute atomic E-state index is 12.9. The van der Waals surface area contributed by atoms with E-state index in [4.69, 9.17) is 16.0 Å². The first-order valence-corrected chi connectivity index (χ1v) is 7.18. The maximum atomic E-state index is 12.9. The van der Waals surface area contributed by atoms with E-state index < -0.39 is 17.7 Å². The molecule has 0 aliphatic heterocycles. The van der Waals surface area contributed by atoms with E-state index in [1.54, 1.807) is 24.3 Å².